The van der Waals surface area contributed by atoms with Crippen LogP contribution in [0.1, 0.15) is 53.4 Å². The maximum atomic E-state index is 10.9. The van der Waals surface area contributed by atoms with Crippen LogP contribution in [0.2, 0.25) is 0 Å². The fraction of sp³-hybridized carbons (Fsp3) is 0.381. The minimum absolute atomic E-state index is 0.128. The number of aldehydes is 1. The second-order valence-electron chi connectivity index (χ2n) is 7.16. The Morgan fingerprint density at radius 1 is 1.00 bits per heavy atom. The van der Waals surface area contributed by atoms with Crippen molar-refractivity contribution in [3.05, 3.63) is 58.1 Å². The van der Waals surface area contributed by atoms with E-state index in [0.717, 1.165) is 6.29 Å². The predicted molar refractivity (Wildman–Crippen MR) is 97.3 cm³/mol. The molecule has 0 amide bonds. The van der Waals surface area contributed by atoms with E-state index in [1.165, 1.54) is 22.3 Å². The van der Waals surface area contributed by atoms with E-state index in [1.807, 2.05) is 0 Å². The van der Waals surface area contributed by atoms with E-state index in [2.05, 4.69) is 46.8 Å². The zero-order valence-corrected chi connectivity index (χ0v) is 15.4. The van der Waals surface area contributed by atoms with Crippen LogP contribution in [0.5, 0.6) is 11.5 Å². The molecule has 0 atom stereocenters. The summed E-state index contributed by atoms with van der Waals surface area (Å²) in [6.07, 6.45) is 0.797. The van der Waals surface area contributed by atoms with Crippen LogP contribution in [0.25, 0.3) is 0 Å². The summed E-state index contributed by atoms with van der Waals surface area (Å²) in [5.41, 5.74) is 5.66. The molecule has 0 heterocycles. The Morgan fingerprint density at radius 3 is 2.12 bits per heavy atom. The van der Waals surface area contributed by atoms with E-state index < -0.39 is 0 Å². The lowest BCUT2D eigenvalue weighted by Gasteiger charge is -2.22. The average molecular weight is 326 g/mol. The lowest BCUT2D eigenvalue weighted by molar-refractivity contribution is 0.112. The smallest absolute Gasteiger partial charge is 0.161 e. The van der Waals surface area contributed by atoms with Gasteiger partial charge >= 0.3 is 0 Å². The van der Waals surface area contributed by atoms with Gasteiger partial charge in [-0.15, -0.1) is 0 Å². The number of ether oxygens (including phenoxy) is 2. The zero-order chi connectivity index (χ0) is 17.9. The highest BCUT2D eigenvalue weighted by Gasteiger charge is 2.17. The number of rotatable bonds is 5. The van der Waals surface area contributed by atoms with Crippen LogP contribution in [0.15, 0.2) is 30.3 Å². The lowest BCUT2D eigenvalue weighted by atomic mass is 9.84. The molecule has 2 rings (SSSR count). The second kappa shape index (κ2) is 7.08. The molecule has 2 aromatic rings. The zero-order valence-electron chi connectivity index (χ0n) is 15.4. The molecule has 0 unspecified atom stereocenters. The van der Waals surface area contributed by atoms with Gasteiger partial charge in [-0.2, -0.15) is 0 Å². The minimum Gasteiger partial charge on any atom is -0.493 e. The van der Waals surface area contributed by atoms with Gasteiger partial charge in [0.25, 0.3) is 0 Å². The molecule has 0 aromatic heterocycles. The first-order valence-electron chi connectivity index (χ1n) is 8.13. The number of aryl methyl sites for hydroxylation is 2. The predicted octanol–water partition coefficient (Wildman–Crippen LogP) is 5.00. The van der Waals surface area contributed by atoms with Crippen molar-refractivity contribution >= 4 is 6.29 Å². The summed E-state index contributed by atoms with van der Waals surface area (Å²) >= 11 is 0. The molecule has 24 heavy (non-hydrogen) atoms. The van der Waals surface area contributed by atoms with Crippen LogP contribution in [-0.4, -0.2) is 13.4 Å². The molecule has 128 valence electrons. The molecule has 0 aliphatic heterocycles. The third kappa shape index (κ3) is 3.97. The number of hydrogen-bond donors (Lipinski definition) is 0. The van der Waals surface area contributed by atoms with Gasteiger partial charge in [-0.25, -0.2) is 0 Å². The molecule has 0 fully saturated rings. The Labute approximate surface area is 144 Å². The lowest BCUT2D eigenvalue weighted by Crippen LogP contribution is -2.13. The Bertz CT molecular complexity index is 716. The van der Waals surface area contributed by atoms with Gasteiger partial charge in [-0.1, -0.05) is 32.9 Å². The van der Waals surface area contributed by atoms with E-state index in [4.69, 9.17) is 9.47 Å². The van der Waals surface area contributed by atoms with Crippen molar-refractivity contribution < 1.29 is 14.3 Å². The molecule has 0 bridgehead atoms. The van der Waals surface area contributed by atoms with E-state index in [0.29, 0.717) is 23.7 Å². The topological polar surface area (TPSA) is 35.5 Å². The molecule has 0 saturated heterocycles. The third-order valence-corrected chi connectivity index (χ3v) is 4.26. The summed E-state index contributed by atoms with van der Waals surface area (Å²) in [6, 6.07) is 9.66. The average Bonchev–Trinajstić information content (AvgIpc) is 2.53. The van der Waals surface area contributed by atoms with Crippen LogP contribution >= 0.6 is 0 Å². The number of methoxy groups -OCH3 is 1. The van der Waals surface area contributed by atoms with Crippen LogP contribution in [0, 0.1) is 13.8 Å². The summed E-state index contributed by atoms with van der Waals surface area (Å²) in [6.45, 7) is 11.4. The van der Waals surface area contributed by atoms with E-state index in [9.17, 15) is 4.79 Å². The second-order valence-corrected chi connectivity index (χ2v) is 7.16. The van der Waals surface area contributed by atoms with E-state index >= 15 is 0 Å². The Hall–Kier alpha value is -2.29. The molecule has 0 aliphatic carbocycles. The minimum atomic E-state index is 0.128. The largest absolute Gasteiger partial charge is 0.493 e. The molecule has 0 aliphatic rings. The van der Waals surface area contributed by atoms with Gasteiger partial charge in [0.15, 0.2) is 11.5 Å². The Kier molecular flexibility index (Phi) is 5.33. The third-order valence-electron chi connectivity index (χ3n) is 4.26. The van der Waals surface area contributed by atoms with Gasteiger partial charge in [0.05, 0.1) is 7.11 Å². The monoisotopic (exact) mass is 326 g/mol. The summed E-state index contributed by atoms with van der Waals surface area (Å²) in [7, 11) is 1.57. The van der Waals surface area contributed by atoms with Crippen LogP contribution in [0.4, 0.5) is 0 Å². The summed E-state index contributed by atoms with van der Waals surface area (Å²) < 4.78 is 11.3. The fourth-order valence-electron chi connectivity index (χ4n) is 2.68. The Balaban J connectivity index is 2.25. The van der Waals surface area contributed by atoms with Gasteiger partial charge < -0.3 is 9.47 Å². The summed E-state index contributed by atoms with van der Waals surface area (Å²) in [4.78, 5) is 10.9. The van der Waals surface area contributed by atoms with Crippen molar-refractivity contribution in [3.8, 4) is 11.5 Å². The quantitative estimate of drug-likeness (QED) is 0.725. The first-order valence-corrected chi connectivity index (χ1v) is 8.13. The van der Waals surface area contributed by atoms with Crippen molar-refractivity contribution in [2.24, 2.45) is 0 Å². The van der Waals surface area contributed by atoms with Crippen LogP contribution < -0.4 is 9.47 Å². The number of carbonyl (C=O) groups is 1. The highest BCUT2D eigenvalue weighted by Crippen LogP contribution is 2.31. The summed E-state index contributed by atoms with van der Waals surface area (Å²) in [5, 5.41) is 0. The number of hydrogen-bond acceptors (Lipinski definition) is 3. The van der Waals surface area contributed by atoms with Crippen molar-refractivity contribution in [2.45, 2.75) is 46.6 Å². The highest BCUT2D eigenvalue weighted by atomic mass is 16.5. The van der Waals surface area contributed by atoms with E-state index in [1.54, 1.807) is 25.3 Å². The van der Waals surface area contributed by atoms with Crippen molar-refractivity contribution in [3.63, 3.8) is 0 Å². The maximum Gasteiger partial charge on any atom is 0.161 e. The molecular weight excluding hydrogens is 300 g/mol. The van der Waals surface area contributed by atoms with Crippen LogP contribution in [0.3, 0.4) is 0 Å². The van der Waals surface area contributed by atoms with Crippen molar-refractivity contribution in [2.75, 3.05) is 7.11 Å². The standard InChI is InChI=1S/C21H26O3/c1-14-9-17(21(3,4)5)10-15(2)18(14)13-24-19-8-7-16(12-22)11-20(19)23-6/h7-12H,13H2,1-6H3. The van der Waals surface area contributed by atoms with Gasteiger partial charge in [0.1, 0.15) is 12.9 Å². The van der Waals surface area contributed by atoms with Crippen molar-refractivity contribution in [1.82, 2.24) is 0 Å². The molecule has 0 spiro atoms. The summed E-state index contributed by atoms with van der Waals surface area (Å²) in [5.74, 6) is 1.21. The molecule has 0 radical (unpaired) electrons. The first kappa shape index (κ1) is 18.1. The normalized spacial score (nSPS) is 11.2. The molecule has 3 nitrogen and oxygen atoms in total. The van der Waals surface area contributed by atoms with E-state index in [-0.39, 0.29) is 5.41 Å². The van der Waals surface area contributed by atoms with Crippen LogP contribution in [-0.2, 0) is 12.0 Å². The Morgan fingerprint density at radius 2 is 1.62 bits per heavy atom. The van der Waals surface area contributed by atoms with Gasteiger partial charge in [0.2, 0.25) is 0 Å². The first-order chi connectivity index (χ1) is 11.3. The molecule has 3 heteroatoms. The van der Waals surface area contributed by atoms with Crippen molar-refractivity contribution in [1.29, 1.82) is 0 Å². The molecule has 0 N–H and O–H groups in total. The van der Waals surface area contributed by atoms with Gasteiger partial charge in [0, 0.05) is 5.56 Å². The molecule has 2 aromatic carbocycles. The molecular formula is C21H26O3. The fourth-order valence-corrected chi connectivity index (χ4v) is 2.68. The molecule has 0 saturated carbocycles. The van der Waals surface area contributed by atoms with Gasteiger partial charge in [-0.05, 0) is 59.7 Å². The number of carbonyl (C=O) groups excluding carboxylic acids is 1. The maximum absolute atomic E-state index is 10.9. The highest BCUT2D eigenvalue weighted by molar-refractivity contribution is 5.76. The SMILES string of the molecule is COc1cc(C=O)ccc1OCc1c(C)cc(C(C)(C)C)cc1C. The number of benzene rings is 2. The van der Waals surface area contributed by atoms with Gasteiger partial charge in [-0.3, -0.25) is 4.79 Å².